The molecule has 0 aliphatic heterocycles. The van der Waals surface area contributed by atoms with Crippen LogP contribution in [0, 0.1) is 0 Å². The van der Waals surface area contributed by atoms with Gasteiger partial charge < -0.3 is 10.3 Å². The molecule has 1 aliphatic rings. The summed E-state index contributed by atoms with van der Waals surface area (Å²) >= 11 is 1.56. The first kappa shape index (κ1) is 14.1. The molecule has 5 nitrogen and oxygen atoms in total. The van der Waals surface area contributed by atoms with Crippen LogP contribution in [0.2, 0.25) is 0 Å². The number of hydrogen-bond acceptors (Lipinski definition) is 5. The highest BCUT2D eigenvalue weighted by atomic mass is 32.1. The number of thiazole rings is 1. The van der Waals surface area contributed by atoms with Crippen molar-refractivity contribution < 1.29 is 0 Å². The molecule has 0 aromatic carbocycles. The van der Waals surface area contributed by atoms with E-state index in [0.29, 0.717) is 0 Å². The summed E-state index contributed by atoms with van der Waals surface area (Å²) in [6.07, 6.45) is 9.32. The number of H-pyrrole nitrogens is 1. The van der Waals surface area contributed by atoms with E-state index < -0.39 is 0 Å². The van der Waals surface area contributed by atoms with E-state index in [1.54, 1.807) is 29.9 Å². The van der Waals surface area contributed by atoms with Crippen molar-refractivity contribution in [2.24, 2.45) is 0 Å². The molecule has 2 N–H and O–H groups in total. The minimum atomic E-state index is 0.0434. The van der Waals surface area contributed by atoms with Gasteiger partial charge in [0.05, 0.1) is 11.4 Å². The summed E-state index contributed by atoms with van der Waals surface area (Å²) in [6.45, 7) is 0. The van der Waals surface area contributed by atoms with E-state index in [2.05, 4.69) is 20.3 Å². The van der Waals surface area contributed by atoms with Gasteiger partial charge in [-0.15, -0.1) is 11.3 Å². The van der Waals surface area contributed by atoms with Crippen molar-refractivity contribution in [1.29, 1.82) is 0 Å². The lowest BCUT2D eigenvalue weighted by atomic mass is 9.92. The van der Waals surface area contributed by atoms with E-state index in [0.717, 1.165) is 58.9 Å². The molecule has 6 heteroatoms. The Bertz CT molecular complexity index is 885. The van der Waals surface area contributed by atoms with E-state index >= 15 is 0 Å². The molecule has 0 bridgehead atoms. The second-order valence-electron chi connectivity index (χ2n) is 5.59. The van der Waals surface area contributed by atoms with Crippen molar-refractivity contribution in [3.05, 3.63) is 57.6 Å². The Morgan fingerprint density at radius 1 is 1.13 bits per heavy atom. The highest BCUT2D eigenvalue weighted by molar-refractivity contribution is 7.14. The molecule has 1 aliphatic carbocycles. The zero-order valence-electron chi connectivity index (χ0n) is 12.5. The number of hydrogen-bond donors (Lipinski definition) is 2. The fourth-order valence-electron chi connectivity index (χ4n) is 2.98. The first-order chi connectivity index (χ1) is 11.3. The predicted octanol–water partition coefficient (Wildman–Crippen LogP) is 3.52. The molecule has 116 valence electrons. The molecule has 0 fully saturated rings. The van der Waals surface area contributed by atoms with Crippen LogP contribution >= 0.6 is 11.3 Å². The van der Waals surface area contributed by atoms with E-state index in [4.69, 9.17) is 0 Å². The van der Waals surface area contributed by atoms with E-state index in [9.17, 15) is 4.79 Å². The maximum atomic E-state index is 12.0. The average molecular weight is 324 g/mol. The second-order valence-corrected chi connectivity index (χ2v) is 6.45. The smallest absolute Gasteiger partial charge is 0.251 e. The fraction of sp³-hybridized carbons (Fsp3) is 0.235. The van der Waals surface area contributed by atoms with Crippen LogP contribution in [-0.2, 0) is 12.8 Å². The summed E-state index contributed by atoms with van der Waals surface area (Å²) in [5.41, 5.74) is 5.05. The molecule has 0 saturated heterocycles. The molecule has 0 radical (unpaired) electrons. The zero-order chi connectivity index (χ0) is 15.6. The number of aromatic nitrogens is 3. The lowest BCUT2D eigenvalue weighted by Crippen LogP contribution is -2.19. The first-order valence-corrected chi connectivity index (χ1v) is 8.55. The summed E-state index contributed by atoms with van der Waals surface area (Å²) in [5, 5.41) is 6.22. The minimum absolute atomic E-state index is 0.0434. The molecule has 4 rings (SSSR count). The molecule has 3 aromatic rings. The third-order valence-corrected chi connectivity index (χ3v) is 4.89. The first-order valence-electron chi connectivity index (χ1n) is 7.67. The number of rotatable bonds is 3. The Kier molecular flexibility index (Phi) is 3.67. The number of fused-ring (bicyclic) bond motifs is 1. The van der Waals surface area contributed by atoms with Crippen LogP contribution in [0.4, 0.5) is 10.8 Å². The Balaban J connectivity index is 1.65. The molecule has 23 heavy (non-hydrogen) atoms. The third-order valence-electron chi connectivity index (χ3n) is 4.14. The molecule has 3 aromatic heterocycles. The van der Waals surface area contributed by atoms with Gasteiger partial charge in [-0.1, -0.05) is 0 Å². The monoisotopic (exact) mass is 324 g/mol. The molecule has 0 spiro atoms. The van der Waals surface area contributed by atoms with Crippen molar-refractivity contribution in [3.63, 3.8) is 0 Å². The molecule has 0 saturated carbocycles. The van der Waals surface area contributed by atoms with Crippen molar-refractivity contribution >= 4 is 22.2 Å². The van der Waals surface area contributed by atoms with Gasteiger partial charge in [0.1, 0.15) is 0 Å². The fourth-order valence-corrected chi connectivity index (χ4v) is 3.71. The molecule has 0 unspecified atom stereocenters. The van der Waals surface area contributed by atoms with Crippen molar-refractivity contribution in [2.45, 2.75) is 25.7 Å². The molecular weight excluding hydrogens is 308 g/mol. The topological polar surface area (TPSA) is 70.7 Å². The maximum absolute atomic E-state index is 12.0. The summed E-state index contributed by atoms with van der Waals surface area (Å²) in [5.74, 6) is 0. The summed E-state index contributed by atoms with van der Waals surface area (Å²) in [6, 6.07) is 3.89. The Morgan fingerprint density at radius 3 is 2.74 bits per heavy atom. The largest absolute Gasteiger partial charge is 0.330 e. The van der Waals surface area contributed by atoms with Gasteiger partial charge in [0.15, 0.2) is 5.13 Å². The molecule has 0 atom stereocenters. The van der Waals surface area contributed by atoms with Crippen LogP contribution in [0.25, 0.3) is 11.3 Å². The lowest BCUT2D eigenvalue weighted by molar-refractivity contribution is 0.678. The summed E-state index contributed by atoms with van der Waals surface area (Å²) in [4.78, 5) is 23.5. The zero-order valence-corrected chi connectivity index (χ0v) is 13.3. The van der Waals surface area contributed by atoms with Gasteiger partial charge in [-0.05, 0) is 43.4 Å². The van der Waals surface area contributed by atoms with Gasteiger partial charge in [0.2, 0.25) is 0 Å². The molecular formula is C17H16N4OS. The SMILES string of the molecule is O=c1[nH]cc(Nc2nc(-c3ccncc3)cs2)c2c1CCCC2. The van der Waals surface area contributed by atoms with Gasteiger partial charge in [0, 0.05) is 35.1 Å². The number of aromatic amines is 1. The summed E-state index contributed by atoms with van der Waals surface area (Å²) in [7, 11) is 0. The van der Waals surface area contributed by atoms with Gasteiger partial charge in [0.25, 0.3) is 5.56 Å². The number of anilines is 2. The quantitative estimate of drug-likeness (QED) is 0.773. The van der Waals surface area contributed by atoms with Gasteiger partial charge in [-0.2, -0.15) is 0 Å². The van der Waals surface area contributed by atoms with E-state index in [1.165, 1.54) is 0 Å². The van der Waals surface area contributed by atoms with Crippen LogP contribution in [0.3, 0.4) is 0 Å². The summed E-state index contributed by atoms with van der Waals surface area (Å²) < 4.78 is 0. The van der Waals surface area contributed by atoms with Gasteiger partial charge >= 0.3 is 0 Å². The lowest BCUT2D eigenvalue weighted by Gasteiger charge is -2.18. The van der Waals surface area contributed by atoms with Crippen LogP contribution in [0.15, 0.2) is 40.9 Å². The number of nitrogens with one attached hydrogen (secondary N) is 2. The minimum Gasteiger partial charge on any atom is -0.330 e. The predicted molar refractivity (Wildman–Crippen MR) is 92.3 cm³/mol. The average Bonchev–Trinajstić information content (AvgIpc) is 3.07. The standard InChI is InChI=1S/C17H16N4OS/c22-16-13-4-2-1-3-12(13)14(9-19-16)20-17-21-15(10-23-17)11-5-7-18-8-6-11/h5-10H,1-4H2,(H,19,22)(H,20,21). The van der Waals surface area contributed by atoms with Gasteiger partial charge in [-0.3, -0.25) is 9.78 Å². The van der Waals surface area contributed by atoms with E-state index in [1.807, 2.05) is 17.5 Å². The van der Waals surface area contributed by atoms with Crippen molar-refractivity contribution in [2.75, 3.05) is 5.32 Å². The Labute approximate surface area is 137 Å². The molecule has 3 heterocycles. The van der Waals surface area contributed by atoms with Gasteiger partial charge in [-0.25, -0.2) is 4.98 Å². The normalized spacial score (nSPS) is 13.6. The third kappa shape index (κ3) is 2.77. The van der Waals surface area contributed by atoms with Crippen LogP contribution < -0.4 is 10.9 Å². The van der Waals surface area contributed by atoms with Crippen molar-refractivity contribution in [3.8, 4) is 11.3 Å². The van der Waals surface area contributed by atoms with Crippen LogP contribution in [0.5, 0.6) is 0 Å². The second kappa shape index (κ2) is 5.96. The van der Waals surface area contributed by atoms with Crippen LogP contribution in [0.1, 0.15) is 24.0 Å². The Morgan fingerprint density at radius 2 is 1.91 bits per heavy atom. The van der Waals surface area contributed by atoms with Crippen LogP contribution in [-0.4, -0.2) is 15.0 Å². The highest BCUT2D eigenvalue weighted by Crippen LogP contribution is 2.30. The number of pyridine rings is 2. The van der Waals surface area contributed by atoms with E-state index in [-0.39, 0.29) is 5.56 Å². The Hall–Kier alpha value is -2.47. The number of nitrogens with zero attached hydrogens (tertiary/aromatic N) is 2. The maximum Gasteiger partial charge on any atom is 0.251 e. The molecule has 0 amide bonds. The van der Waals surface area contributed by atoms with Crippen molar-refractivity contribution in [1.82, 2.24) is 15.0 Å². The highest BCUT2D eigenvalue weighted by Gasteiger charge is 2.17.